The highest BCUT2D eigenvalue weighted by Crippen LogP contribution is 2.37. The molecule has 58 heavy (non-hydrogen) atoms. The van der Waals surface area contributed by atoms with Crippen LogP contribution in [0.5, 0.6) is 0 Å². The van der Waals surface area contributed by atoms with Crippen LogP contribution in [0.15, 0.2) is 59.3 Å². The van der Waals surface area contributed by atoms with Gasteiger partial charge in [0.05, 0.1) is 54.6 Å². The lowest BCUT2D eigenvalue weighted by Crippen LogP contribution is -2.52. The number of rotatable bonds is 13. The fraction of sp³-hybridized carbons (Fsp3) is 0.452. The van der Waals surface area contributed by atoms with Crippen LogP contribution in [0.3, 0.4) is 0 Å². The van der Waals surface area contributed by atoms with E-state index in [1.54, 1.807) is 35.5 Å². The van der Waals surface area contributed by atoms with Crippen molar-refractivity contribution < 1.29 is 37.8 Å². The molecule has 0 bridgehead atoms. The highest BCUT2D eigenvalue weighted by atomic mass is 19.1. The minimum Gasteiger partial charge on any atom is -0.456 e. The summed E-state index contributed by atoms with van der Waals surface area (Å²) in [6.07, 6.45) is 4.52. The molecular weight excluding hydrogens is 748 g/mol. The maximum atomic E-state index is 15.8. The number of ether oxygens (including phenoxy) is 2. The second kappa shape index (κ2) is 17.1. The Labute approximate surface area is 335 Å². The lowest BCUT2D eigenvalue weighted by molar-refractivity contribution is -0.145. The highest BCUT2D eigenvalue weighted by molar-refractivity contribution is 5.88. The van der Waals surface area contributed by atoms with Crippen molar-refractivity contribution in [2.75, 3.05) is 27.3 Å². The summed E-state index contributed by atoms with van der Waals surface area (Å²) < 4.78 is 31.6. The number of aromatic nitrogens is 4. The van der Waals surface area contributed by atoms with Gasteiger partial charge in [0.25, 0.3) is 0 Å². The third-order valence-electron chi connectivity index (χ3n) is 11.1. The van der Waals surface area contributed by atoms with Gasteiger partial charge in [-0.1, -0.05) is 33.8 Å². The Morgan fingerprint density at radius 3 is 1.97 bits per heavy atom. The van der Waals surface area contributed by atoms with Gasteiger partial charge >= 0.3 is 6.09 Å². The predicted molar refractivity (Wildman–Crippen MR) is 213 cm³/mol. The van der Waals surface area contributed by atoms with Gasteiger partial charge in [0.1, 0.15) is 34.9 Å². The number of methoxy groups -OCH3 is 2. The Balaban J connectivity index is 1.05. The van der Waals surface area contributed by atoms with Crippen molar-refractivity contribution in [3.8, 4) is 33.8 Å². The molecule has 5 aromatic rings. The van der Waals surface area contributed by atoms with Crippen LogP contribution in [-0.2, 0) is 19.1 Å². The first-order valence-electron chi connectivity index (χ1n) is 19.7. The molecule has 7 rings (SSSR count). The number of hydrogen-bond acceptors (Lipinski definition) is 10. The van der Waals surface area contributed by atoms with Crippen LogP contribution in [0.2, 0.25) is 0 Å². The number of furan rings is 1. The zero-order valence-corrected chi connectivity index (χ0v) is 33.5. The molecule has 15 nitrogen and oxygen atoms in total. The number of amides is 3. The van der Waals surface area contributed by atoms with Gasteiger partial charge < -0.3 is 44.1 Å². The van der Waals surface area contributed by atoms with E-state index in [-0.39, 0.29) is 35.7 Å². The molecule has 5 heterocycles. The first-order chi connectivity index (χ1) is 27.9. The van der Waals surface area contributed by atoms with E-state index in [1.165, 1.54) is 20.3 Å². The van der Waals surface area contributed by atoms with Gasteiger partial charge in [-0.15, -0.1) is 0 Å². The number of carbonyl (C=O) groups is 3. The van der Waals surface area contributed by atoms with E-state index in [9.17, 15) is 19.5 Å². The number of aliphatic hydroxyl groups is 1. The summed E-state index contributed by atoms with van der Waals surface area (Å²) in [5.41, 5.74) is 3.70. The SMILES string of the molecule is COC(=O)N[C@H](C(=O)N1CCC[C@H]1c1ncc(-c2ccc(-c3cc4cc(-c5cnc([C@@H]6CCCN6C(=O)[C@@H](NC(O)OC)C(C)C)[nH]5)ccc4o3)c(F)c2)[nH]1)C(C)C. The molecule has 2 aliphatic rings. The van der Waals surface area contributed by atoms with Crippen molar-refractivity contribution in [3.63, 3.8) is 0 Å². The molecule has 0 spiro atoms. The molecule has 308 valence electrons. The minimum absolute atomic E-state index is 0.0788. The Bertz CT molecular complexity index is 2270. The monoisotopic (exact) mass is 798 g/mol. The van der Waals surface area contributed by atoms with E-state index in [0.29, 0.717) is 59.3 Å². The van der Waals surface area contributed by atoms with Crippen LogP contribution in [0.4, 0.5) is 9.18 Å². The summed E-state index contributed by atoms with van der Waals surface area (Å²) in [5, 5.41) is 16.3. The fourth-order valence-electron chi connectivity index (χ4n) is 7.99. The minimum atomic E-state index is -1.25. The first-order valence-corrected chi connectivity index (χ1v) is 19.7. The number of benzene rings is 2. The summed E-state index contributed by atoms with van der Waals surface area (Å²) in [7, 11) is 2.63. The number of nitrogens with one attached hydrogen (secondary N) is 4. The smallest absolute Gasteiger partial charge is 0.407 e. The summed E-state index contributed by atoms with van der Waals surface area (Å²) in [5.74, 6) is 0.611. The number of halogens is 1. The normalized spacial score (nSPS) is 18.7. The lowest BCUT2D eigenvalue weighted by Gasteiger charge is -2.31. The van der Waals surface area contributed by atoms with Crippen LogP contribution in [0.25, 0.3) is 44.8 Å². The number of H-pyrrole nitrogens is 2. The van der Waals surface area contributed by atoms with Crippen LogP contribution < -0.4 is 10.6 Å². The van der Waals surface area contributed by atoms with Crippen LogP contribution in [0.1, 0.15) is 77.1 Å². The number of aliphatic hydroxyl groups excluding tert-OH is 1. The van der Waals surface area contributed by atoms with Gasteiger partial charge in [-0.3, -0.25) is 14.9 Å². The van der Waals surface area contributed by atoms with E-state index in [1.807, 2.05) is 50.8 Å². The van der Waals surface area contributed by atoms with Gasteiger partial charge in [-0.2, -0.15) is 0 Å². The molecule has 3 amide bonds. The number of hydrogen-bond donors (Lipinski definition) is 5. The quantitative estimate of drug-likeness (QED) is 0.0850. The van der Waals surface area contributed by atoms with Crippen LogP contribution >= 0.6 is 0 Å². The number of alkyl carbamates (subject to hydrolysis) is 1. The third kappa shape index (κ3) is 8.22. The average molecular weight is 799 g/mol. The lowest BCUT2D eigenvalue weighted by atomic mass is 10.0. The number of carbonyl (C=O) groups excluding carboxylic acids is 3. The van der Waals surface area contributed by atoms with Gasteiger partial charge in [0.2, 0.25) is 18.2 Å². The highest BCUT2D eigenvalue weighted by Gasteiger charge is 2.39. The number of nitrogens with zero attached hydrogens (tertiary/aromatic N) is 4. The topological polar surface area (TPSA) is 191 Å². The standard InChI is InChI=1S/C42H51FN8O7/c1-22(2)35(48-41(54)56-5)39(52)50-15-7-9-31(50)37-44-20-29(46-37)24-12-14-33-26(17-24)19-34(58-33)27-13-11-25(18-28(27)43)30-21-45-38(47-30)32-10-8-16-51(32)40(53)36(23(3)4)49-42(55)57-6/h11-14,17-23,31-32,35-36,41,48,54H,7-10,15-16H2,1-6H3,(H,44,46)(H,45,47)(H,49,55)/t31-,32-,35-,36-,41?/m0/s1. The van der Waals surface area contributed by atoms with E-state index in [0.717, 1.165) is 35.9 Å². The summed E-state index contributed by atoms with van der Waals surface area (Å²) in [4.78, 5) is 58.6. The number of aromatic amines is 2. The van der Waals surface area contributed by atoms with Crippen molar-refractivity contribution in [2.45, 2.75) is 84.0 Å². The second-order valence-corrected chi connectivity index (χ2v) is 15.6. The van der Waals surface area contributed by atoms with Crippen LogP contribution in [-0.4, -0.2) is 98.6 Å². The predicted octanol–water partition coefficient (Wildman–Crippen LogP) is 6.26. The Kier molecular flexibility index (Phi) is 12.0. The molecule has 2 fully saturated rings. The molecule has 3 aromatic heterocycles. The summed E-state index contributed by atoms with van der Waals surface area (Å²) in [6.45, 7) is 8.67. The van der Waals surface area contributed by atoms with Crippen molar-refractivity contribution in [2.24, 2.45) is 11.8 Å². The molecule has 2 aliphatic heterocycles. The Morgan fingerprint density at radius 1 is 0.845 bits per heavy atom. The molecule has 0 aliphatic carbocycles. The Hall–Kier alpha value is -5.58. The van der Waals surface area contributed by atoms with Crippen molar-refractivity contribution in [3.05, 3.63) is 72.3 Å². The number of likely N-dealkylation sites (tertiary alicyclic amines) is 2. The van der Waals surface area contributed by atoms with Crippen molar-refractivity contribution in [1.29, 1.82) is 0 Å². The fourth-order valence-corrected chi connectivity index (χ4v) is 7.99. The molecule has 5 N–H and O–H groups in total. The van der Waals surface area contributed by atoms with E-state index < -0.39 is 30.4 Å². The van der Waals surface area contributed by atoms with Gasteiger partial charge in [0.15, 0.2) is 0 Å². The molecule has 16 heteroatoms. The molecule has 2 aromatic carbocycles. The van der Waals surface area contributed by atoms with Gasteiger partial charge in [0, 0.05) is 36.7 Å². The maximum Gasteiger partial charge on any atom is 0.407 e. The maximum absolute atomic E-state index is 15.8. The first kappa shape index (κ1) is 40.6. The van der Waals surface area contributed by atoms with Crippen LogP contribution in [0, 0.1) is 17.7 Å². The van der Waals surface area contributed by atoms with Gasteiger partial charge in [-0.05, 0) is 73.9 Å². The zero-order chi connectivity index (χ0) is 41.2. The zero-order valence-electron chi connectivity index (χ0n) is 33.5. The molecule has 1 unspecified atom stereocenters. The Morgan fingerprint density at radius 2 is 1.41 bits per heavy atom. The molecular formula is C42H51FN8O7. The number of imidazole rings is 2. The van der Waals surface area contributed by atoms with Crippen molar-refractivity contribution >= 4 is 28.9 Å². The van der Waals surface area contributed by atoms with Crippen molar-refractivity contribution in [1.82, 2.24) is 40.4 Å². The molecule has 5 atom stereocenters. The molecule has 0 saturated carbocycles. The van der Waals surface area contributed by atoms with E-state index >= 15 is 4.39 Å². The second-order valence-electron chi connectivity index (χ2n) is 15.6. The summed E-state index contributed by atoms with van der Waals surface area (Å²) >= 11 is 0. The largest absolute Gasteiger partial charge is 0.456 e. The van der Waals surface area contributed by atoms with E-state index in [4.69, 9.17) is 13.9 Å². The van der Waals surface area contributed by atoms with Gasteiger partial charge in [-0.25, -0.2) is 19.2 Å². The third-order valence-corrected chi connectivity index (χ3v) is 11.1. The molecule has 0 radical (unpaired) electrons. The summed E-state index contributed by atoms with van der Waals surface area (Å²) in [6, 6.07) is 10.5. The number of fused-ring (bicyclic) bond motifs is 1. The molecule has 2 saturated heterocycles. The van der Waals surface area contributed by atoms with E-state index in [2.05, 4.69) is 30.6 Å². The average Bonchev–Trinajstić information content (AvgIpc) is 4.06.